The molecule has 1 rings (SSSR count). The van der Waals surface area contributed by atoms with Crippen molar-refractivity contribution in [3.05, 3.63) is 0 Å². The molecule has 2 heteroatoms. The fraction of sp³-hybridized carbons (Fsp3) is 1.00. The summed E-state index contributed by atoms with van der Waals surface area (Å²) >= 11 is 0. The molecule has 0 spiro atoms. The highest BCUT2D eigenvalue weighted by Crippen LogP contribution is 2.39. The molecule has 90 valence electrons. The lowest BCUT2D eigenvalue weighted by molar-refractivity contribution is 0.0127. The molecule has 2 nitrogen and oxygen atoms in total. The van der Waals surface area contributed by atoms with E-state index in [0.29, 0.717) is 12.0 Å². The smallest absolute Gasteiger partial charge is 0.0746 e. The first-order valence-electron chi connectivity index (χ1n) is 6.30. The van der Waals surface area contributed by atoms with Gasteiger partial charge in [-0.15, -0.1) is 0 Å². The van der Waals surface area contributed by atoms with Crippen LogP contribution in [-0.2, 0) is 0 Å². The Bertz CT molecular complexity index is 201. The fourth-order valence-corrected chi connectivity index (χ4v) is 2.70. The summed E-state index contributed by atoms with van der Waals surface area (Å²) in [5.74, 6) is 0.681. The molecule has 1 saturated carbocycles. The fourth-order valence-electron chi connectivity index (χ4n) is 2.70. The zero-order valence-electron chi connectivity index (χ0n) is 11.0. The molecule has 0 bridgehead atoms. The monoisotopic (exact) mass is 213 g/mol. The predicted octanol–water partition coefficient (Wildman–Crippen LogP) is 2.51. The largest absolute Gasteiger partial charge is 0.391 e. The topological polar surface area (TPSA) is 23.5 Å². The van der Waals surface area contributed by atoms with Crippen LogP contribution in [0.5, 0.6) is 0 Å². The van der Waals surface area contributed by atoms with Gasteiger partial charge in [0.05, 0.1) is 6.10 Å². The highest BCUT2D eigenvalue weighted by atomic mass is 16.3. The predicted molar refractivity (Wildman–Crippen MR) is 64.9 cm³/mol. The van der Waals surface area contributed by atoms with E-state index in [9.17, 15) is 5.11 Å². The maximum atomic E-state index is 10.3. The third-order valence-electron chi connectivity index (χ3n) is 3.72. The molecule has 15 heavy (non-hydrogen) atoms. The van der Waals surface area contributed by atoms with Crippen molar-refractivity contribution in [1.82, 2.24) is 4.90 Å². The number of aliphatic hydroxyl groups is 1. The molecular formula is C13H27NO. The van der Waals surface area contributed by atoms with Crippen molar-refractivity contribution in [3.8, 4) is 0 Å². The molecule has 0 aromatic rings. The molecular weight excluding hydrogens is 186 g/mol. The first kappa shape index (κ1) is 13.0. The Labute approximate surface area is 94.7 Å². The van der Waals surface area contributed by atoms with E-state index in [1.165, 1.54) is 0 Å². The lowest BCUT2D eigenvalue weighted by atomic mass is 9.88. The van der Waals surface area contributed by atoms with E-state index in [1.54, 1.807) is 0 Å². The number of aliphatic hydroxyl groups excluding tert-OH is 1. The minimum absolute atomic E-state index is 0.106. The highest BCUT2D eigenvalue weighted by Gasteiger charge is 2.42. The molecule has 2 unspecified atom stereocenters. The minimum Gasteiger partial charge on any atom is -0.391 e. The number of nitrogens with zero attached hydrogens (tertiary/aromatic N) is 1. The zero-order valence-corrected chi connectivity index (χ0v) is 11.0. The van der Waals surface area contributed by atoms with Gasteiger partial charge in [0.1, 0.15) is 0 Å². The second-order valence-electron chi connectivity index (χ2n) is 6.02. The Balaban J connectivity index is 2.62. The van der Waals surface area contributed by atoms with Crippen molar-refractivity contribution >= 4 is 0 Å². The van der Waals surface area contributed by atoms with Gasteiger partial charge in [-0.25, -0.2) is 0 Å². The van der Waals surface area contributed by atoms with Gasteiger partial charge in [-0.1, -0.05) is 34.6 Å². The zero-order chi connectivity index (χ0) is 11.6. The molecule has 2 atom stereocenters. The van der Waals surface area contributed by atoms with Crippen molar-refractivity contribution in [2.75, 3.05) is 13.1 Å². The maximum absolute atomic E-state index is 10.3. The number of likely N-dealkylation sites (N-methyl/N-ethyl adjacent to an activating group) is 1. The van der Waals surface area contributed by atoms with Crippen LogP contribution in [0, 0.1) is 11.3 Å². The van der Waals surface area contributed by atoms with E-state index < -0.39 is 0 Å². The molecule has 0 aromatic carbocycles. The van der Waals surface area contributed by atoms with E-state index >= 15 is 0 Å². The maximum Gasteiger partial charge on any atom is 0.0746 e. The third kappa shape index (κ3) is 2.94. The molecule has 0 heterocycles. The average molecular weight is 213 g/mol. The quantitative estimate of drug-likeness (QED) is 0.775. The van der Waals surface area contributed by atoms with Crippen LogP contribution in [0.4, 0.5) is 0 Å². The second kappa shape index (κ2) is 4.84. The van der Waals surface area contributed by atoms with Gasteiger partial charge >= 0.3 is 0 Å². The van der Waals surface area contributed by atoms with Crippen LogP contribution in [0.15, 0.2) is 0 Å². The van der Waals surface area contributed by atoms with Gasteiger partial charge in [0, 0.05) is 12.6 Å². The van der Waals surface area contributed by atoms with Gasteiger partial charge in [0.2, 0.25) is 0 Å². The van der Waals surface area contributed by atoms with Crippen molar-refractivity contribution in [1.29, 1.82) is 0 Å². The van der Waals surface area contributed by atoms with Crippen LogP contribution < -0.4 is 0 Å². The Hall–Kier alpha value is -0.0800. The lowest BCUT2D eigenvalue weighted by Gasteiger charge is -2.34. The van der Waals surface area contributed by atoms with E-state index in [2.05, 4.69) is 39.5 Å². The van der Waals surface area contributed by atoms with Gasteiger partial charge < -0.3 is 5.11 Å². The van der Waals surface area contributed by atoms with Crippen LogP contribution >= 0.6 is 0 Å². The molecule has 1 aliphatic carbocycles. The van der Waals surface area contributed by atoms with Crippen LogP contribution in [-0.4, -0.2) is 35.2 Å². The van der Waals surface area contributed by atoms with Crippen molar-refractivity contribution in [2.24, 2.45) is 11.3 Å². The Morgan fingerprint density at radius 3 is 2.33 bits per heavy atom. The normalized spacial score (nSPS) is 30.4. The molecule has 1 aliphatic rings. The van der Waals surface area contributed by atoms with E-state index in [0.717, 1.165) is 25.9 Å². The highest BCUT2D eigenvalue weighted by molar-refractivity contribution is 4.96. The SMILES string of the molecule is CCN(CC(C)C)C1CCC(C)(C)C1O. The van der Waals surface area contributed by atoms with Crippen LogP contribution in [0.1, 0.15) is 47.5 Å². The molecule has 0 amide bonds. The van der Waals surface area contributed by atoms with E-state index in [4.69, 9.17) is 0 Å². The van der Waals surface area contributed by atoms with Gasteiger partial charge in [0.15, 0.2) is 0 Å². The molecule has 0 aliphatic heterocycles. The Morgan fingerprint density at radius 2 is 2.00 bits per heavy atom. The standard InChI is InChI=1S/C13H27NO/c1-6-14(9-10(2)3)11-7-8-13(4,5)12(11)15/h10-12,15H,6-9H2,1-5H3. The average Bonchev–Trinajstić information content (AvgIpc) is 2.39. The summed E-state index contributed by atoms with van der Waals surface area (Å²) in [5.41, 5.74) is 0.106. The van der Waals surface area contributed by atoms with Gasteiger partial charge in [0.25, 0.3) is 0 Å². The summed E-state index contributed by atoms with van der Waals surface area (Å²) in [7, 11) is 0. The summed E-state index contributed by atoms with van der Waals surface area (Å²) in [6.45, 7) is 13.2. The molecule has 0 saturated heterocycles. The second-order valence-corrected chi connectivity index (χ2v) is 6.02. The lowest BCUT2D eigenvalue weighted by Crippen LogP contribution is -2.45. The van der Waals surface area contributed by atoms with Crippen molar-refractivity contribution < 1.29 is 5.11 Å². The van der Waals surface area contributed by atoms with Gasteiger partial charge in [-0.05, 0) is 30.7 Å². The molecule has 1 N–H and O–H groups in total. The Morgan fingerprint density at radius 1 is 1.40 bits per heavy atom. The number of hydrogen-bond donors (Lipinski definition) is 1. The molecule has 0 aromatic heterocycles. The first-order chi connectivity index (χ1) is 6.88. The third-order valence-corrected chi connectivity index (χ3v) is 3.72. The van der Waals surface area contributed by atoms with Crippen LogP contribution in [0.2, 0.25) is 0 Å². The van der Waals surface area contributed by atoms with Crippen molar-refractivity contribution in [2.45, 2.75) is 59.6 Å². The van der Waals surface area contributed by atoms with E-state index in [1.807, 2.05) is 0 Å². The summed E-state index contributed by atoms with van der Waals surface area (Å²) < 4.78 is 0. The summed E-state index contributed by atoms with van der Waals surface area (Å²) in [6, 6.07) is 0.382. The van der Waals surface area contributed by atoms with Gasteiger partial charge in [-0.2, -0.15) is 0 Å². The Kier molecular flexibility index (Phi) is 4.19. The molecule has 1 fully saturated rings. The van der Waals surface area contributed by atoms with Crippen molar-refractivity contribution in [3.63, 3.8) is 0 Å². The van der Waals surface area contributed by atoms with Gasteiger partial charge in [-0.3, -0.25) is 4.90 Å². The molecule has 0 radical (unpaired) electrons. The first-order valence-corrected chi connectivity index (χ1v) is 6.30. The number of rotatable bonds is 4. The summed E-state index contributed by atoms with van der Waals surface area (Å²) in [6.07, 6.45) is 2.14. The van der Waals surface area contributed by atoms with E-state index in [-0.39, 0.29) is 11.5 Å². The number of hydrogen-bond acceptors (Lipinski definition) is 2. The van der Waals surface area contributed by atoms with Crippen LogP contribution in [0.3, 0.4) is 0 Å². The summed E-state index contributed by atoms with van der Waals surface area (Å²) in [5, 5.41) is 10.3. The summed E-state index contributed by atoms with van der Waals surface area (Å²) in [4.78, 5) is 2.45. The minimum atomic E-state index is -0.156. The van der Waals surface area contributed by atoms with Crippen LogP contribution in [0.25, 0.3) is 0 Å².